The molecule has 0 aliphatic rings. The molecule has 0 amide bonds. The summed E-state index contributed by atoms with van der Waals surface area (Å²) >= 11 is 0. The van der Waals surface area contributed by atoms with Crippen molar-refractivity contribution in [1.29, 1.82) is 5.26 Å². The molecule has 2 aromatic rings. The second-order valence-electron chi connectivity index (χ2n) is 4.80. The van der Waals surface area contributed by atoms with E-state index in [9.17, 15) is 18.8 Å². The molecule has 0 unspecified atom stereocenters. The Morgan fingerprint density at radius 2 is 1.91 bits per heavy atom. The van der Waals surface area contributed by atoms with Crippen LogP contribution in [0.15, 0.2) is 46.5 Å². The average molecular weight is 314 g/mol. The largest absolute Gasteiger partial charge is 0.507 e. The van der Waals surface area contributed by atoms with Crippen LogP contribution in [0.3, 0.4) is 0 Å². The molecule has 112 valence electrons. The van der Waals surface area contributed by atoms with E-state index in [0.29, 0.717) is 16.7 Å². The van der Waals surface area contributed by atoms with Gasteiger partial charge in [-0.05, 0) is 60.9 Å². The number of pyridine rings is 1. The van der Waals surface area contributed by atoms with Gasteiger partial charge >= 0.3 is 0 Å². The van der Waals surface area contributed by atoms with Crippen LogP contribution in [0, 0.1) is 25.2 Å². The van der Waals surface area contributed by atoms with Crippen LogP contribution >= 0.6 is 0 Å². The van der Waals surface area contributed by atoms with Gasteiger partial charge in [-0.1, -0.05) is 6.07 Å². The van der Waals surface area contributed by atoms with E-state index < -0.39 is 14.7 Å². The molecule has 0 bridgehead atoms. The Morgan fingerprint density at radius 3 is 2.41 bits per heavy atom. The highest BCUT2D eigenvalue weighted by molar-refractivity contribution is 7.95. The van der Waals surface area contributed by atoms with Gasteiger partial charge in [-0.25, -0.2) is 13.4 Å². The molecule has 1 aromatic carbocycles. The van der Waals surface area contributed by atoms with Crippen LogP contribution in [0.2, 0.25) is 0 Å². The third kappa shape index (κ3) is 3.00. The average Bonchev–Trinajstić information content (AvgIpc) is 2.50. The molecule has 0 saturated heterocycles. The summed E-state index contributed by atoms with van der Waals surface area (Å²) in [6.45, 7) is 3.41. The number of rotatable bonds is 3. The smallest absolute Gasteiger partial charge is 0.233 e. The Balaban J connectivity index is 2.56. The van der Waals surface area contributed by atoms with Gasteiger partial charge in [0, 0.05) is 6.20 Å². The third-order valence-corrected chi connectivity index (χ3v) is 4.70. The van der Waals surface area contributed by atoms with Crippen molar-refractivity contribution in [3.05, 3.63) is 58.1 Å². The van der Waals surface area contributed by atoms with Crippen molar-refractivity contribution in [2.24, 2.45) is 0 Å². The van der Waals surface area contributed by atoms with E-state index in [1.54, 1.807) is 44.2 Å². The minimum atomic E-state index is -3.96. The number of nitriles is 1. The standard InChI is InChI=1S/C16H14N2O3S/c1-11-7-13(8-12(2)16(11)19)9-14(10-17)22(20,21)15-5-3-4-6-18-15/h3-9,19H,1-2H3/b14-9+. The predicted octanol–water partition coefficient (Wildman–Crippen LogP) is 2.74. The lowest BCUT2D eigenvalue weighted by Crippen LogP contribution is -2.05. The van der Waals surface area contributed by atoms with E-state index in [4.69, 9.17) is 0 Å². The summed E-state index contributed by atoms with van der Waals surface area (Å²) in [5.74, 6) is 0.156. The summed E-state index contributed by atoms with van der Waals surface area (Å²) in [5.41, 5.74) is 1.75. The molecule has 1 aromatic heterocycles. The van der Waals surface area contributed by atoms with E-state index in [1.807, 2.05) is 0 Å². The first-order chi connectivity index (χ1) is 10.4. The maximum absolute atomic E-state index is 12.4. The van der Waals surface area contributed by atoms with Gasteiger partial charge in [-0.2, -0.15) is 5.26 Å². The molecule has 5 nitrogen and oxygen atoms in total. The van der Waals surface area contributed by atoms with Gasteiger partial charge in [-0.15, -0.1) is 0 Å². The second kappa shape index (κ2) is 6.00. The van der Waals surface area contributed by atoms with E-state index in [-0.39, 0.29) is 10.8 Å². The van der Waals surface area contributed by atoms with E-state index in [1.165, 1.54) is 18.3 Å². The first-order valence-corrected chi connectivity index (χ1v) is 7.92. The molecule has 0 fully saturated rings. The van der Waals surface area contributed by atoms with Crippen molar-refractivity contribution in [1.82, 2.24) is 4.98 Å². The summed E-state index contributed by atoms with van der Waals surface area (Å²) in [7, 11) is -3.96. The Kier molecular flexibility index (Phi) is 4.29. The molecule has 2 rings (SSSR count). The van der Waals surface area contributed by atoms with Crippen molar-refractivity contribution in [3.8, 4) is 11.8 Å². The van der Waals surface area contributed by atoms with Crippen LogP contribution in [0.1, 0.15) is 16.7 Å². The van der Waals surface area contributed by atoms with Crippen LogP contribution in [0.25, 0.3) is 6.08 Å². The molecule has 0 spiro atoms. The number of hydrogen-bond donors (Lipinski definition) is 1. The zero-order chi connectivity index (χ0) is 16.3. The minimum Gasteiger partial charge on any atom is -0.507 e. The molecule has 0 radical (unpaired) electrons. The van der Waals surface area contributed by atoms with E-state index in [2.05, 4.69) is 4.98 Å². The zero-order valence-electron chi connectivity index (χ0n) is 12.1. The number of nitrogens with zero attached hydrogens (tertiary/aromatic N) is 2. The fourth-order valence-electron chi connectivity index (χ4n) is 2.01. The topological polar surface area (TPSA) is 91.0 Å². The predicted molar refractivity (Wildman–Crippen MR) is 82.6 cm³/mol. The third-order valence-electron chi connectivity index (χ3n) is 3.12. The van der Waals surface area contributed by atoms with Crippen LogP contribution in [0.5, 0.6) is 5.75 Å². The van der Waals surface area contributed by atoms with Gasteiger partial charge in [0.05, 0.1) is 0 Å². The van der Waals surface area contributed by atoms with Crippen molar-refractivity contribution in [3.63, 3.8) is 0 Å². The summed E-state index contributed by atoms with van der Waals surface area (Å²) in [4.78, 5) is 3.40. The van der Waals surface area contributed by atoms with Crippen LogP contribution in [-0.2, 0) is 9.84 Å². The molecule has 0 saturated carbocycles. The maximum atomic E-state index is 12.4. The quantitative estimate of drug-likeness (QED) is 0.880. The Bertz CT molecular complexity index is 856. The van der Waals surface area contributed by atoms with Gasteiger partial charge < -0.3 is 5.11 Å². The summed E-state index contributed by atoms with van der Waals surface area (Å²) in [6, 6.07) is 9.44. The highest BCUT2D eigenvalue weighted by Crippen LogP contribution is 2.26. The maximum Gasteiger partial charge on any atom is 0.233 e. The Morgan fingerprint density at radius 1 is 1.27 bits per heavy atom. The van der Waals surface area contributed by atoms with Gasteiger partial charge in [0.15, 0.2) is 9.93 Å². The lowest BCUT2D eigenvalue weighted by molar-refractivity contribution is 0.467. The first kappa shape index (κ1) is 15.7. The number of benzene rings is 1. The lowest BCUT2D eigenvalue weighted by Gasteiger charge is -2.06. The van der Waals surface area contributed by atoms with E-state index in [0.717, 1.165) is 0 Å². The number of phenolic OH excluding ortho intramolecular Hbond substituents is 1. The SMILES string of the molecule is Cc1cc(/C=C(\C#N)S(=O)(=O)c2ccccn2)cc(C)c1O. The van der Waals surface area contributed by atoms with Crippen LogP contribution < -0.4 is 0 Å². The molecule has 6 heteroatoms. The minimum absolute atomic E-state index is 0.156. The highest BCUT2D eigenvalue weighted by Gasteiger charge is 2.22. The number of sulfone groups is 1. The van der Waals surface area contributed by atoms with Gasteiger partial charge in [0.1, 0.15) is 11.8 Å². The molecular formula is C16H14N2O3S. The molecule has 1 heterocycles. The van der Waals surface area contributed by atoms with Gasteiger partial charge in [0.2, 0.25) is 9.84 Å². The number of aromatic nitrogens is 1. The number of aromatic hydroxyl groups is 1. The molecule has 22 heavy (non-hydrogen) atoms. The number of phenols is 1. The van der Waals surface area contributed by atoms with Crippen molar-refractivity contribution >= 4 is 15.9 Å². The Hall–Kier alpha value is -2.65. The van der Waals surface area contributed by atoms with Crippen molar-refractivity contribution in [2.75, 3.05) is 0 Å². The second-order valence-corrected chi connectivity index (χ2v) is 6.66. The molecule has 1 N–H and O–H groups in total. The zero-order valence-corrected chi connectivity index (χ0v) is 12.9. The number of aryl methyl sites for hydroxylation is 2. The van der Waals surface area contributed by atoms with Crippen LogP contribution in [-0.4, -0.2) is 18.5 Å². The molecule has 0 aliphatic heterocycles. The summed E-state index contributed by atoms with van der Waals surface area (Å²) in [6.07, 6.45) is 2.64. The van der Waals surface area contributed by atoms with Crippen LogP contribution in [0.4, 0.5) is 0 Å². The fraction of sp³-hybridized carbons (Fsp3) is 0.125. The molecule has 0 atom stereocenters. The number of allylic oxidation sites excluding steroid dienone is 1. The van der Waals surface area contributed by atoms with Crippen molar-refractivity contribution in [2.45, 2.75) is 18.9 Å². The normalized spacial score (nSPS) is 12.0. The summed E-state index contributed by atoms with van der Waals surface area (Å²) in [5, 5.41) is 18.8. The first-order valence-electron chi connectivity index (χ1n) is 6.44. The Labute approximate surface area is 129 Å². The number of hydrogen-bond acceptors (Lipinski definition) is 5. The van der Waals surface area contributed by atoms with Gasteiger partial charge in [0.25, 0.3) is 0 Å². The van der Waals surface area contributed by atoms with Crippen molar-refractivity contribution < 1.29 is 13.5 Å². The van der Waals surface area contributed by atoms with Gasteiger partial charge in [-0.3, -0.25) is 0 Å². The highest BCUT2D eigenvalue weighted by atomic mass is 32.2. The summed E-state index contributed by atoms with van der Waals surface area (Å²) < 4.78 is 24.8. The lowest BCUT2D eigenvalue weighted by atomic mass is 10.1. The van der Waals surface area contributed by atoms with E-state index >= 15 is 0 Å². The monoisotopic (exact) mass is 314 g/mol. The molecular weight excluding hydrogens is 300 g/mol. The fourth-order valence-corrected chi connectivity index (χ4v) is 3.11. The molecule has 0 aliphatic carbocycles.